The smallest absolute Gasteiger partial charge is 0.328 e. The Morgan fingerprint density at radius 1 is 1.47 bits per heavy atom. The van der Waals surface area contributed by atoms with Crippen molar-refractivity contribution in [2.45, 2.75) is 13.5 Å². The van der Waals surface area contributed by atoms with E-state index in [9.17, 15) is 9.59 Å². The number of nitrogens with one attached hydrogen (secondary N) is 1. The van der Waals surface area contributed by atoms with Crippen LogP contribution in [0.15, 0.2) is 22.9 Å². The fraction of sp³-hybridized carbons (Fsp3) is 0.200. The number of carbonyl (C=O) groups excluding carboxylic acids is 1. The third-order valence-electron chi connectivity index (χ3n) is 1.79. The van der Waals surface area contributed by atoms with Crippen LogP contribution in [0.2, 0.25) is 0 Å². The zero-order valence-electron chi connectivity index (χ0n) is 8.19. The second kappa shape index (κ2) is 5.31. The summed E-state index contributed by atoms with van der Waals surface area (Å²) in [7, 11) is 0. The third kappa shape index (κ3) is 3.95. The van der Waals surface area contributed by atoms with Gasteiger partial charge in [0.15, 0.2) is 0 Å². The first-order valence-electron chi connectivity index (χ1n) is 4.30. The van der Waals surface area contributed by atoms with Crippen LogP contribution in [-0.2, 0) is 16.1 Å². The zero-order chi connectivity index (χ0) is 11.3. The number of thiophene rings is 1. The molecule has 5 heteroatoms. The number of amides is 1. The van der Waals surface area contributed by atoms with Gasteiger partial charge in [-0.05, 0) is 28.8 Å². The van der Waals surface area contributed by atoms with E-state index in [0.717, 1.165) is 23.3 Å². The van der Waals surface area contributed by atoms with Crippen LogP contribution >= 0.6 is 11.3 Å². The van der Waals surface area contributed by atoms with Gasteiger partial charge in [-0.25, -0.2) is 4.79 Å². The van der Waals surface area contributed by atoms with E-state index in [4.69, 9.17) is 5.11 Å². The van der Waals surface area contributed by atoms with Gasteiger partial charge in [-0.3, -0.25) is 4.79 Å². The molecule has 0 spiro atoms. The van der Waals surface area contributed by atoms with E-state index in [1.165, 1.54) is 0 Å². The van der Waals surface area contributed by atoms with Gasteiger partial charge in [0.1, 0.15) is 0 Å². The summed E-state index contributed by atoms with van der Waals surface area (Å²) in [4.78, 5) is 21.2. The van der Waals surface area contributed by atoms with Crippen LogP contribution in [0.25, 0.3) is 0 Å². The minimum Gasteiger partial charge on any atom is -0.478 e. The molecule has 1 amide bonds. The van der Waals surface area contributed by atoms with E-state index in [2.05, 4.69) is 5.32 Å². The molecule has 0 aromatic carbocycles. The van der Waals surface area contributed by atoms with Crippen LogP contribution in [-0.4, -0.2) is 17.0 Å². The molecular weight excluding hydrogens is 214 g/mol. The highest BCUT2D eigenvalue weighted by Crippen LogP contribution is 2.12. The molecule has 0 radical (unpaired) electrons. The first-order valence-corrected chi connectivity index (χ1v) is 5.24. The van der Waals surface area contributed by atoms with E-state index >= 15 is 0 Å². The Morgan fingerprint density at radius 3 is 2.73 bits per heavy atom. The van der Waals surface area contributed by atoms with Gasteiger partial charge in [-0.1, -0.05) is 0 Å². The Labute approximate surface area is 91.2 Å². The van der Waals surface area contributed by atoms with Gasteiger partial charge < -0.3 is 10.4 Å². The Morgan fingerprint density at radius 2 is 2.20 bits per heavy atom. The van der Waals surface area contributed by atoms with Crippen molar-refractivity contribution < 1.29 is 14.7 Å². The first kappa shape index (κ1) is 11.5. The van der Waals surface area contributed by atoms with E-state index in [-0.39, 0.29) is 0 Å². The molecule has 0 saturated carbocycles. The largest absolute Gasteiger partial charge is 0.478 e. The molecule has 0 fully saturated rings. The van der Waals surface area contributed by atoms with Crippen molar-refractivity contribution in [3.8, 4) is 0 Å². The van der Waals surface area contributed by atoms with Crippen LogP contribution in [0.5, 0.6) is 0 Å². The number of hydrogen-bond donors (Lipinski definition) is 2. The second-order valence-corrected chi connectivity index (χ2v) is 3.71. The number of carboxylic acid groups (broad SMARTS) is 1. The van der Waals surface area contributed by atoms with E-state index < -0.39 is 11.9 Å². The van der Waals surface area contributed by atoms with Crippen LogP contribution in [0.4, 0.5) is 0 Å². The minimum atomic E-state index is -1.13. The fourth-order valence-corrected chi connectivity index (χ4v) is 1.81. The molecule has 4 nitrogen and oxygen atoms in total. The highest BCUT2D eigenvalue weighted by atomic mass is 32.1. The Balaban J connectivity index is 2.41. The summed E-state index contributed by atoms with van der Waals surface area (Å²) in [6, 6.07) is 0. The van der Waals surface area contributed by atoms with Crippen molar-refractivity contribution in [1.29, 1.82) is 0 Å². The number of hydrogen-bond acceptors (Lipinski definition) is 3. The van der Waals surface area contributed by atoms with Crippen molar-refractivity contribution in [1.82, 2.24) is 5.32 Å². The van der Waals surface area contributed by atoms with Crippen molar-refractivity contribution in [2.75, 3.05) is 0 Å². The van der Waals surface area contributed by atoms with Crippen molar-refractivity contribution >= 4 is 23.2 Å². The SMILES string of the molecule is Cc1cscc1CNC(=O)C=CC(=O)O. The maximum Gasteiger partial charge on any atom is 0.328 e. The molecule has 0 aliphatic heterocycles. The number of rotatable bonds is 4. The summed E-state index contributed by atoms with van der Waals surface area (Å²) in [5.41, 5.74) is 2.18. The van der Waals surface area contributed by atoms with Crippen molar-refractivity contribution in [2.24, 2.45) is 0 Å². The van der Waals surface area contributed by atoms with Crippen LogP contribution < -0.4 is 5.32 Å². The molecule has 2 N–H and O–H groups in total. The molecule has 1 rings (SSSR count). The molecule has 0 aliphatic rings. The Kier molecular flexibility index (Phi) is 4.05. The summed E-state index contributed by atoms with van der Waals surface area (Å²) < 4.78 is 0. The monoisotopic (exact) mass is 225 g/mol. The summed E-state index contributed by atoms with van der Waals surface area (Å²) in [6.07, 6.45) is 1.82. The number of aryl methyl sites for hydroxylation is 1. The molecule has 15 heavy (non-hydrogen) atoms. The standard InChI is InChI=1S/C10H11NO3S/c1-7-5-15-6-8(7)4-11-9(12)2-3-10(13)14/h2-3,5-6H,4H2,1H3,(H,11,12)(H,13,14). The molecule has 0 saturated heterocycles. The predicted octanol–water partition coefficient (Wildman–Crippen LogP) is 1.31. The lowest BCUT2D eigenvalue weighted by Gasteiger charge is -2.00. The van der Waals surface area contributed by atoms with Gasteiger partial charge in [0.25, 0.3) is 0 Å². The third-order valence-corrected chi connectivity index (χ3v) is 2.70. The fourth-order valence-electron chi connectivity index (χ4n) is 0.956. The van der Waals surface area contributed by atoms with E-state index in [0.29, 0.717) is 6.54 Å². The first-order chi connectivity index (χ1) is 7.09. The normalized spacial score (nSPS) is 10.5. The van der Waals surface area contributed by atoms with Crippen LogP contribution in [0.3, 0.4) is 0 Å². The van der Waals surface area contributed by atoms with Gasteiger partial charge in [0.05, 0.1) is 0 Å². The van der Waals surface area contributed by atoms with Gasteiger partial charge in [0.2, 0.25) is 5.91 Å². The summed E-state index contributed by atoms with van der Waals surface area (Å²) in [5, 5.41) is 14.8. The Bertz CT molecular complexity index is 395. The van der Waals surface area contributed by atoms with E-state index in [1.54, 1.807) is 11.3 Å². The number of aliphatic carboxylic acids is 1. The summed E-state index contributed by atoms with van der Waals surface area (Å²) >= 11 is 1.57. The summed E-state index contributed by atoms with van der Waals surface area (Å²) in [5.74, 6) is -1.53. The number of carbonyl (C=O) groups is 2. The van der Waals surface area contributed by atoms with Gasteiger partial charge in [0, 0.05) is 18.7 Å². The molecule has 1 aromatic rings. The average molecular weight is 225 g/mol. The van der Waals surface area contributed by atoms with Crippen LogP contribution in [0.1, 0.15) is 11.1 Å². The lowest BCUT2D eigenvalue weighted by atomic mass is 10.2. The lowest BCUT2D eigenvalue weighted by molar-refractivity contribution is -0.131. The highest BCUT2D eigenvalue weighted by molar-refractivity contribution is 7.08. The lowest BCUT2D eigenvalue weighted by Crippen LogP contribution is -2.20. The molecule has 80 valence electrons. The predicted molar refractivity (Wildman–Crippen MR) is 57.7 cm³/mol. The molecular formula is C10H11NO3S. The molecule has 0 bridgehead atoms. The number of carboxylic acids is 1. The van der Waals surface area contributed by atoms with E-state index in [1.807, 2.05) is 17.7 Å². The Hall–Kier alpha value is -1.62. The molecule has 0 aliphatic carbocycles. The molecule has 0 unspecified atom stereocenters. The van der Waals surface area contributed by atoms with Crippen molar-refractivity contribution in [3.63, 3.8) is 0 Å². The zero-order valence-corrected chi connectivity index (χ0v) is 9.00. The van der Waals surface area contributed by atoms with Gasteiger partial charge in [-0.15, -0.1) is 0 Å². The molecule has 0 atom stereocenters. The maximum atomic E-state index is 11.1. The van der Waals surface area contributed by atoms with Crippen LogP contribution in [0, 0.1) is 6.92 Å². The molecule has 1 heterocycles. The molecule has 1 aromatic heterocycles. The topological polar surface area (TPSA) is 66.4 Å². The highest BCUT2D eigenvalue weighted by Gasteiger charge is 2.01. The van der Waals surface area contributed by atoms with Gasteiger partial charge >= 0.3 is 5.97 Å². The van der Waals surface area contributed by atoms with Gasteiger partial charge in [-0.2, -0.15) is 11.3 Å². The minimum absolute atomic E-state index is 0.400. The summed E-state index contributed by atoms with van der Waals surface area (Å²) in [6.45, 7) is 2.39. The second-order valence-electron chi connectivity index (χ2n) is 2.97. The average Bonchev–Trinajstić information content (AvgIpc) is 2.58. The van der Waals surface area contributed by atoms with Crippen molar-refractivity contribution in [3.05, 3.63) is 34.0 Å². The maximum absolute atomic E-state index is 11.1. The quantitative estimate of drug-likeness (QED) is 0.759.